The second-order valence-corrected chi connectivity index (χ2v) is 8.15. The smallest absolute Gasteiger partial charge is 0.283 e. The summed E-state index contributed by atoms with van der Waals surface area (Å²) >= 11 is 1.33. The van der Waals surface area contributed by atoms with Crippen LogP contribution in [0, 0.1) is 0 Å². The van der Waals surface area contributed by atoms with Crippen LogP contribution < -0.4 is 4.90 Å². The molecule has 0 saturated heterocycles. The first-order valence-corrected chi connectivity index (χ1v) is 11.6. The van der Waals surface area contributed by atoms with Crippen LogP contribution in [0.2, 0.25) is 0 Å². The average molecular weight is 478 g/mol. The van der Waals surface area contributed by atoms with Crippen molar-refractivity contribution in [3.8, 4) is 11.7 Å². The molecule has 4 aromatic rings. The summed E-state index contributed by atoms with van der Waals surface area (Å²) in [6, 6.07) is 12.8. The van der Waals surface area contributed by atoms with Gasteiger partial charge in [-0.15, -0.1) is 21.5 Å². The minimum Gasteiger partial charge on any atom is -0.459 e. The minimum absolute atomic E-state index is 0.144. The van der Waals surface area contributed by atoms with Crippen LogP contribution in [-0.4, -0.2) is 38.4 Å². The van der Waals surface area contributed by atoms with E-state index >= 15 is 0 Å². The van der Waals surface area contributed by atoms with Crippen LogP contribution >= 0.6 is 11.3 Å². The highest BCUT2D eigenvalue weighted by molar-refractivity contribution is 7.14. The second-order valence-electron chi connectivity index (χ2n) is 7.32. The molecular formula is C24H23N5O4S. The van der Waals surface area contributed by atoms with Gasteiger partial charge in [0.1, 0.15) is 0 Å². The molecule has 10 heteroatoms. The van der Waals surface area contributed by atoms with E-state index in [0.29, 0.717) is 29.0 Å². The molecule has 0 atom stereocenters. The number of nitrogens with zero attached hydrogens (tertiary/aromatic N) is 5. The van der Waals surface area contributed by atoms with Crippen LogP contribution in [0.5, 0.6) is 0 Å². The number of furan rings is 1. The molecule has 0 aliphatic rings. The lowest BCUT2D eigenvalue weighted by Crippen LogP contribution is -2.29. The molecule has 2 amide bonds. The first-order valence-electron chi connectivity index (χ1n) is 10.7. The maximum Gasteiger partial charge on any atom is 0.283 e. The molecule has 174 valence electrons. The molecule has 0 aliphatic heterocycles. The van der Waals surface area contributed by atoms with Gasteiger partial charge in [-0.1, -0.05) is 25.1 Å². The van der Waals surface area contributed by atoms with Crippen molar-refractivity contribution >= 4 is 40.0 Å². The molecular weight excluding hydrogens is 454 g/mol. The highest BCUT2D eigenvalue weighted by atomic mass is 32.1. The fourth-order valence-corrected chi connectivity index (χ4v) is 4.09. The number of para-hydroxylation sites is 1. The summed E-state index contributed by atoms with van der Waals surface area (Å²) in [6.07, 6.45) is 5.38. The number of carbonyl (C=O) groups excluding carboxylic acids is 2. The lowest BCUT2D eigenvalue weighted by molar-refractivity contribution is -0.126. The van der Waals surface area contributed by atoms with E-state index < -0.39 is 0 Å². The summed E-state index contributed by atoms with van der Waals surface area (Å²) in [4.78, 5) is 32.8. The van der Waals surface area contributed by atoms with E-state index in [1.807, 2.05) is 37.3 Å². The van der Waals surface area contributed by atoms with E-state index in [9.17, 15) is 9.59 Å². The molecule has 34 heavy (non-hydrogen) atoms. The lowest BCUT2D eigenvalue weighted by Gasteiger charge is -2.18. The first-order chi connectivity index (χ1) is 16.5. The highest BCUT2D eigenvalue weighted by Gasteiger charge is 2.19. The van der Waals surface area contributed by atoms with Crippen LogP contribution in [0.4, 0.5) is 10.8 Å². The number of anilines is 2. The van der Waals surface area contributed by atoms with Crippen molar-refractivity contribution in [2.24, 2.45) is 0 Å². The monoisotopic (exact) mass is 477 g/mol. The van der Waals surface area contributed by atoms with Crippen molar-refractivity contribution < 1.29 is 18.4 Å². The van der Waals surface area contributed by atoms with Crippen LogP contribution in [0.25, 0.3) is 17.7 Å². The Morgan fingerprint density at radius 2 is 1.94 bits per heavy atom. The SMILES string of the molecule is CCCN(Cc1nnc(-c2ccco2)o1)C(=O)C=Cc1csc(N(C(C)=O)c2ccccc2)n1. The van der Waals surface area contributed by atoms with E-state index in [-0.39, 0.29) is 24.2 Å². The molecule has 0 bridgehead atoms. The zero-order valence-electron chi connectivity index (χ0n) is 18.7. The van der Waals surface area contributed by atoms with Crippen molar-refractivity contribution in [3.05, 3.63) is 71.8 Å². The number of hydrogen-bond donors (Lipinski definition) is 0. The molecule has 0 saturated carbocycles. The van der Waals surface area contributed by atoms with Gasteiger partial charge in [0.2, 0.25) is 17.7 Å². The van der Waals surface area contributed by atoms with Crippen molar-refractivity contribution in [1.29, 1.82) is 0 Å². The number of thiazole rings is 1. The summed E-state index contributed by atoms with van der Waals surface area (Å²) in [6.45, 7) is 4.18. The number of carbonyl (C=O) groups is 2. The highest BCUT2D eigenvalue weighted by Crippen LogP contribution is 2.29. The van der Waals surface area contributed by atoms with Crippen LogP contribution in [0.1, 0.15) is 31.9 Å². The van der Waals surface area contributed by atoms with E-state index in [4.69, 9.17) is 8.83 Å². The molecule has 3 heterocycles. The standard InChI is InChI=1S/C24H23N5O4S/c1-3-13-28(15-21-26-27-23(33-21)20-10-7-14-32-20)22(31)12-11-18-16-34-24(25-18)29(17(2)30)19-8-5-4-6-9-19/h4-12,14,16H,3,13,15H2,1-2H3. The number of hydrogen-bond acceptors (Lipinski definition) is 8. The van der Waals surface area contributed by atoms with Crippen molar-refractivity contribution in [2.45, 2.75) is 26.8 Å². The van der Waals surface area contributed by atoms with Gasteiger partial charge in [0, 0.05) is 24.9 Å². The van der Waals surface area contributed by atoms with Gasteiger partial charge in [0.05, 0.1) is 24.2 Å². The largest absolute Gasteiger partial charge is 0.459 e. The van der Waals surface area contributed by atoms with Crippen molar-refractivity contribution in [2.75, 3.05) is 11.4 Å². The van der Waals surface area contributed by atoms with Gasteiger partial charge in [-0.3, -0.25) is 14.5 Å². The third-order valence-electron chi connectivity index (χ3n) is 4.76. The first kappa shape index (κ1) is 23.1. The molecule has 0 aliphatic carbocycles. The summed E-state index contributed by atoms with van der Waals surface area (Å²) in [7, 11) is 0. The Bertz CT molecular complexity index is 1260. The fraction of sp³-hybridized carbons (Fsp3) is 0.208. The van der Waals surface area contributed by atoms with Gasteiger partial charge >= 0.3 is 0 Å². The Hall–Kier alpha value is -4.05. The zero-order valence-corrected chi connectivity index (χ0v) is 19.6. The van der Waals surface area contributed by atoms with Gasteiger partial charge in [0.15, 0.2) is 10.9 Å². The normalized spacial score (nSPS) is 11.1. The zero-order chi connectivity index (χ0) is 23.9. The summed E-state index contributed by atoms with van der Waals surface area (Å²) in [5, 5.41) is 10.3. The quantitative estimate of drug-likeness (QED) is 0.315. The molecule has 4 rings (SSSR count). The van der Waals surface area contributed by atoms with Crippen LogP contribution in [0.15, 0.2) is 69.0 Å². The predicted octanol–water partition coefficient (Wildman–Crippen LogP) is 4.92. The van der Waals surface area contributed by atoms with Crippen LogP contribution in [0.3, 0.4) is 0 Å². The summed E-state index contributed by atoms with van der Waals surface area (Å²) in [5.74, 6) is 0.706. The average Bonchev–Trinajstić information content (AvgIpc) is 3.60. The van der Waals surface area contributed by atoms with Gasteiger partial charge < -0.3 is 13.7 Å². The fourth-order valence-electron chi connectivity index (χ4n) is 3.24. The Morgan fingerprint density at radius 3 is 2.65 bits per heavy atom. The van der Waals surface area contributed by atoms with Crippen LogP contribution in [-0.2, 0) is 16.1 Å². The summed E-state index contributed by atoms with van der Waals surface area (Å²) < 4.78 is 10.9. The lowest BCUT2D eigenvalue weighted by atomic mass is 10.3. The molecule has 9 nitrogen and oxygen atoms in total. The Balaban J connectivity index is 1.45. The number of rotatable bonds is 9. The topological polar surface area (TPSA) is 106 Å². The Labute approximate surface area is 200 Å². The molecule has 0 fully saturated rings. The van der Waals surface area contributed by atoms with Crippen molar-refractivity contribution in [1.82, 2.24) is 20.1 Å². The van der Waals surface area contributed by atoms with Gasteiger partial charge in [-0.05, 0) is 36.8 Å². The maximum absolute atomic E-state index is 12.9. The van der Waals surface area contributed by atoms with Crippen molar-refractivity contribution in [3.63, 3.8) is 0 Å². The molecule has 3 aromatic heterocycles. The molecule has 0 spiro atoms. The predicted molar refractivity (Wildman–Crippen MR) is 128 cm³/mol. The molecule has 0 N–H and O–H groups in total. The minimum atomic E-state index is -0.208. The number of benzene rings is 1. The Kier molecular flexibility index (Phi) is 7.28. The van der Waals surface area contributed by atoms with E-state index in [2.05, 4.69) is 15.2 Å². The van der Waals surface area contributed by atoms with E-state index in [1.54, 1.807) is 33.4 Å². The van der Waals surface area contributed by atoms with Gasteiger partial charge in [-0.2, -0.15) is 0 Å². The molecule has 0 unspecified atom stereocenters. The molecule has 0 radical (unpaired) electrons. The van der Waals surface area contributed by atoms with E-state index in [1.165, 1.54) is 30.6 Å². The van der Waals surface area contributed by atoms with Gasteiger partial charge in [-0.25, -0.2) is 4.98 Å². The van der Waals surface area contributed by atoms with E-state index in [0.717, 1.165) is 12.1 Å². The number of amides is 2. The molecule has 1 aromatic carbocycles. The summed E-state index contributed by atoms with van der Waals surface area (Å²) in [5.41, 5.74) is 1.32. The number of aromatic nitrogens is 3. The third-order valence-corrected chi connectivity index (χ3v) is 5.60. The Morgan fingerprint density at radius 1 is 1.12 bits per heavy atom. The second kappa shape index (κ2) is 10.7. The third kappa shape index (κ3) is 5.46. The maximum atomic E-state index is 12.9. The van der Waals surface area contributed by atoms with Gasteiger partial charge in [0.25, 0.3) is 5.89 Å².